The van der Waals surface area contributed by atoms with E-state index < -0.39 is 5.60 Å². The number of amides is 1. The van der Waals surface area contributed by atoms with Gasteiger partial charge in [-0.2, -0.15) is 0 Å². The van der Waals surface area contributed by atoms with Crippen molar-refractivity contribution in [2.24, 2.45) is 0 Å². The van der Waals surface area contributed by atoms with Crippen LogP contribution in [0.3, 0.4) is 0 Å². The van der Waals surface area contributed by atoms with Gasteiger partial charge in [0.25, 0.3) is 0 Å². The molecule has 0 unspecified atom stereocenters. The SMILES string of the molecule is CC(C)(C)OC(=O)N1CCC(c2cc(Cl)ncc2Cl)CC1. The minimum atomic E-state index is -0.462. The first-order chi connectivity index (χ1) is 9.76. The molecule has 1 aromatic rings. The molecule has 0 bridgehead atoms. The van der Waals surface area contributed by atoms with Crippen molar-refractivity contribution in [1.29, 1.82) is 0 Å². The number of piperidine rings is 1. The Hall–Kier alpha value is -1.00. The lowest BCUT2D eigenvalue weighted by Crippen LogP contribution is -2.41. The second-order valence-electron chi connectivity index (χ2n) is 6.27. The lowest BCUT2D eigenvalue weighted by Gasteiger charge is -2.33. The molecule has 1 aliphatic heterocycles. The van der Waals surface area contributed by atoms with E-state index in [9.17, 15) is 4.79 Å². The third kappa shape index (κ3) is 4.48. The summed E-state index contributed by atoms with van der Waals surface area (Å²) in [5, 5.41) is 1.08. The quantitative estimate of drug-likeness (QED) is 0.712. The summed E-state index contributed by atoms with van der Waals surface area (Å²) in [6, 6.07) is 1.82. The largest absolute Gasteiger partial charge is 0.444 e. The van der Waals surface area contributed by atoms with Crippen molar-refractivity contribution in [3.05, 3.63) is 28.0 Å². The Bertz CT molecular complexity index is 521. The van der Waals surface area contributed by atoms with Crippen LogP contribution >= 0.6 is 23.2 Å². The van der Waals surface area contributed by atoms with E-state index in [0.29, 0.717) is 29.2 Å². The molecule has 21 heavy (non-hydrogen) atoms. The molecule has 0 radical (unpaired) electrons. The van der Waals surface area contributed by atoms with E-state index in [2.05, 4.69) is 4.98 Å². The third-order valence-electron chi connectivity index (χ3n) is 3.44. The summed E-state index contributed by atoms with van der Waals surface area (Å²) < 4.78 is 5.39. The van der Waals surface area contributed by atoms with E-state index in [-0.39, 0.29) is 6.09 Å². The Morgan fingerprint density at radius 2 is 1.95 bits per heavy atom. The van der Waals surface area contributed by atoms with E-state index in [4.69, 9.17) is 27.9 Å². The van der Waals surface area contributed by atoms with Gasteiger partial charge in [-0.15, -0.1) is 0 Å². The molecule has 0 spiro atoms. The van der Waals surface area contributed by atoms with Gasteiger partial charge in [0, 0.05) is 19.3 Å². The van der Waals surface area contributed by atoms with Crippen LogP contribution in [-0.4, -0.2) is 34.7 Å². The Labute approximate surface area is 135 Å². The number of likely N-dealkylation sites (tertiary alicyclic amines) is 1. The molecule has 1 aromatic heterocycles. The van der Waals surface area contributed by atoms with Gasteiger partial charge in [-0.25, -0.2) is 9.78 Å². The molecule has 116 valence electrons. The molecule has 1 amide bonds. The standard InChI is InChI=1S/C15H20Cl2N2O2/c1-15(2,3)21-14(20)19-6-4-10(5-7-19)11-8-13(17)18-9-12(11)16/h8-10H,4-7H2,1-3H3. The van der Waals surface area contributed by atoms with Gasteiger partial charge < -0.3 is 9.64 Å². The number of hydrogen-bond acceptors (Lipinski definition) is 3. The van der Waals surface area contributed by atoms with E-state index in [1.807, 2.05) is 26.8 Å². The molecule has 4 nitrogen and oxygen atoms in total. The highest BCUT2D eigenvalue weighted by molar-refractivity contribution is 6.32. The fourth-order valence-corrected chi connectivity index (χ4v) is 2.86. The number of aromatic nitrogens is 1. The maximum Gasteiger partial charge on any atom is 0.410 e. The Balaban J connectivity index is 1.97. The van der Waals surface area contributed by atoms with Crippen molar-refractivity contribution >= 4 is 29.3 Å². The second-order valence-corrected chi connectivity index (χ2v) is 7.06. The number of rotatable bonds is 1. The number of pyridine rings is 1. The highest BCUT2D eigenvalue weighted by atomic mass is 35.5. The molecule has 2 heterocycles. The maximum atomic E-state index is 12.0. The summed E-state index contributed by atoms with van der Waals surface area (Å²) in [6.45, 7) is 6.94. The zero-order chi connectivity index (χ0) is 15.6. The van der Waals surface area contributed by atoms with Crippen molar-refractivity contribution < 1.29 is 9.53 Å². The first kappa shape index (κ1) is 16.4. The summed E-state index contributed by atoms with van der Waals surface area (Å²) in [4.78, 5) is 17.7. The van der Waals surface area contributed by atoms with Crippen LogP contribution in [0.25, 0.3) is 0 Å². The molecule has 6 heteroatoms. The molecule has 0 aliphatic carbocycles. The number of carbonyl (C=O) groups excluding carboxylic acids is 1. The topological polar surface area (TPSA) is 42.4 Å². The number of hydrogen-bond donors (Lipinski definition) is 0. The Morgan fingerprint density at radius 1 is 1.33 bits per heavy atom. The van der Waals surface area contributed by atoms with Crippen LogP contribution in [0.1, 0.15) is 45.1 Å². The molecule has 0 aromatic carbocycles. The monoisotopic (exact) mass is 330 g/mol. The van der Waals surface area contributed by atoms with Crippen molar-refractivity contribution in [2.75, 3.05) is 13.1 Å². The van der Waals surface area contributed by atoms with E-state index in [0.717, 1.165) is 18.4 Å². The van der Waals surface area contributed by atoms with Crippen molar-refractivity contribution in [2.45, 2.75) is 45.1 Å². The zero-order valence-corrected chi connectivity index (χ0v) is 14.0. The van der Waals surface area contributed by atoms with Gasteiger partial charge >= 0.3 is 6.09 Å². The van der Waals surface area contributed by atoms with Crippen molar-refractivity contribution in [1.82, 2.24) is 9.88 Å². The maximum absolute atomic E-state index is 12.0. The molecule has 0 N–H and O–H groups in total. The molecule has 2 rings (SSSR count). The van der Waals surface area contributed by atoms with Crippen LogP contribution in [0.4, 0.5) is 4.79 Å². The van der Waals surface area contributed by atoms with Crippen LogP contribution in [0.2, 0.25) is 10.2 Å². The molecule has 0 saturated carbocycles. The third-order valence-corrected chi connectivity index (χ3v) is 3.96. The first-order valence-corrected chi connectivity index (χ1v) is 7.81. The highest BCUT2D eigenvalue weighted by Crippen LogP contribution is 2.33. The number of ether oxygens (including phenoxy) is 1. The van der Waals surface area contributed by atoms with E-state index >= 15 is 0 Å². The smallest absolute Gasteiger partial charge is 0.410 e. The molecule has 1 aliphatic rings. The van der Waals surface area contributed by atoms with Gasteiger partial charge in [-0.1, -0.05) is 23.2 Å². The Kier molecular flexibility index (Phi) is 4.99. The summed E-state index contributed by atoms with van der Waals surface area (Å²) in [5.74, 6) is 0.302. The highest BCUT2D eigenvalue weighted by Gasteiger charge is 2.28. The zero-order valence-electron chi connectivity index (χ0n) is 12.5. The lowest BCUT2D eigenvalue weighted by atomic mass is 9.90. The Morgan fingerprint density at radius 3 is 2.52 bits per heavy atom. The molecule has 1 fully saturated rings. The van der Waals surface area contributed by atoms with Gasteiger partial charge in [0.2, 0.25) is 0 Å². The number of halogens is 2. The fourth-order valence-electron chi connectivity index (χ4n) is 2.44. The molecule has 1 saturated heterocycles. The minimum absolute atomic E-state index is 0.250. The van der Waals surface area contributed by atoms with Crippen LogP contribution in [0.5, 0.6) is 0 Å². The van der Waals surface area contributed by atoms with E-state index in [1.54, 1.807) is 11.1 Å². The van der Waals surface area contributed by atoms with Crippen molar-refractivity contribution in [3.8, 4) is 0 Å². The van der Waals surface area contributed by atoms with Crippen LogP contribution in [0, 0.1) is 0 Å². The number of nitrogens with zero attached hydrogens (tertiary/aromatic N) is 2. The van der Waals surface area contributed by atoms with Crippen molar-refractivity contribution in [3.63, 3.8) is 0 Å². The summed E-state index contributed by atoms with van der Waals surface area (Å²) in [5.41, 5.74) is 0.552. The lowest BCUT2D eigenvalue weighted by molar-refractivity contribution is 0.0205. The fraction of sp³-hybridized carbons (Fsp3) is 0.600. The van der Waals surface area contributed by atoms with Gasteiger partial charge in [0.05, 0.1) is 5.02 Å². The molecular weight excluding hydrogens is 311 g/mol. The predicted molar refractivity (Wildman–Crippen MR) is 84.0 cm³/mol. The normalized spacial score (nSPS) is 16.9. The summed E-state index contributed by atoms with van der Waals surface area (Å²) in [6.07, 6.45) is 3.03. The summed E-state index contributed by atoms with van der Waals surface area (Å²) in [7, 11) is 0. The number of carbonyl (C=O) groups is 1. The second kappa shape index (κ2) is 6.41. The molecular formula is C15H20Cl2N2O2. The minimum Gasteiger partial charge on any atom is -0.444 e. The molecule has 0 atom stereocenters. The summed E-state index contributed by atoms with van der Waals surface area (Å²) >= 11 is 12.1. The average Bonchev–Trinajstić information content (AvgIpc) is 2.40. The van der Waals surface area contributed by atoms with Gasteiger partial charge in [-0.05, 0) is 51.2 Å². The predicted octanol–water partition coefficient (Wildman–Crippen LogP) is 4.50. The van der Waals surface area contributed by atoms with Gasteiger partial charge in [-0.3, -0.25) is 0 Å². The van der Waals surface area contributed by atoms with Crippen LogP contribution in [0.15, 0.2) is 12.3 Å². The van der Waals surface area contributed by atoms with Gasteiger partial charge in [0.1, 0.15) is 10.8 Å². The van der Waals surface area contributed by atoms with Crippen LogP contribution in [-0.2, 0) is 4.74 Å². The average molecular weight is 331 g/mol. The van der Waals surface area contributed by atoms with Crippen LogP contribution < -0.4 is 0 Å². The first-order valence-electron chi connectivity index (χ1n) is 7.05. The van der Waals surface area contributed by atoms with Gasteiger partial charge in [0.15, 0.2) is 0 Å². The van der Waals surface area contributed by atoms with E-state index in [1.165, 1.54) is 0 Å².